The normalized spacial score (nSPS) is 25.4. The summed E-state index contributed by atoms with van der Waals surface area (Å²) in [4.78, 5) is 14.1. The second-order valence-electron chi connectivity index (χ2n) is 5.99. The highest BCUT2D eigenvalue weighted by Crippen LogP contribution is 2.30. The predicted molar refractivity (Wildman–Crippen MR) is 77.2 cm³/mol. The molecule has 0 atom stereocenters. The maximum Gasteiger partial charge on any atom is 0.229 e. The smallest absolute Gasteiger partial charge is 0.229 e. The highest BCUT2D eigenvalue weighted by molar-refractivity contribution is 5.95. The molecule has 1 saturated carbocycles. The minimum absolute atomic E-state index is 0.135. The fraction of sp³-hybridized carbons (Fsp3) is 0.562. The SMILES string of the molecule is CN(C(=O)C1CC(N)C1)c1ccc2c(c1)CCCC2. The third kappa shape index (κ3) is 2.39. The minimum Gasteiger partial charge on any atom is -0.328 e. The van der Waals surface area contributed by atoms with E-state index in [4.69, 9.17) is 5.73 Å². The molecule has 2 N–H and O–H groups in total. The van der Waals surface area contributed by atoms with Crippen molar-refractivity contribution in [2.45, 2.75) is 44.6 Å². The maximum atomic E-state index is 12.3. The maximum absolute atomic E-state index is 12.3. The molecule has 3 heteroatoms. The summed E-state index contributed by atoms with van der Waals surface area (Å²) < 4.78 is 0. The largest absolute Gasteiger partial charge is 0.328 e. The average Bonchev–Trinajstić information content (AvgIpc) is 2.42. The first-order chi connectivity index (χ1) is 9.15. The first-order valence-electron chi connectivity index (χ1n) is 7.30. The van der Waals surface area contributed by atoms with Gasteiger partial charge in [-0.15, -0.1) is 0 Å². The van der Waals surface area contributed by atoms with E-state index in [-0.39, 0.29) is 17.9 Å². The molecule has 0 aromatic heterocycles. The highest BCUT2D eigenvalue weighted by atomic mass is 16.2. The third-order valence-corrected chi connectivity index (χ3v) is 4.57. The summed E-state index contributed by atoms with van der Waals surface area (Å²) in [6.07, 6.45) is 6.58. The molecule has 0 unspecified atom stereocenters. The van der Waals surface area contributed by atoms with Crippen molar-refractivity contribution in [2.24, 2.45) is 11.7 Å². The molecular formula is C16H22N2O. The van der Waals surface area contributed by atoms with Crippen LogP contribution >= 0.6 is 0 Å². The summed E-state index contributed by atoms with van der Waals surface area (Å²) in [5.74, 6) is 0.355. The van der Waals surface area contributed by atoms with E-state index >= 15 is 0 Å². The minimum atomic E-state index is 0.135. The van der Waals surface area contributed by atoms with Crippen LogP contribution in [0.1, 0.15) is 36.8 Å². The van der Waals surface area contributed by atoms with Crippen molar-refractivity contribution in [3.8, 4) is 0 Å². The second kappa shape index (κ2) is 4.97. The van der Waals surface area contributed by atoms with Crippen molar-refractivity contribution in [3.63, 3.8) is 0 Å². The highest BCUT2D eigenvalue weighted by Gasteiger charge is 2.34. The van der Waals surface area contributed by atoms with Crippen molar-refractivity contribution in [1.82, 2.24) is 0 Å². The second-order valence-corrected chi connectivity index (χ2v) is 5.99. The number of aryl methyl sites for hydroxylation is 2. The Morgan fingerprint density at radius 1 is 1.21 bits per heavy atom. The number of fused-ring (bicyclic) bond motifs is 1. The number of rotatable bonds is 2. The Morgan fingerprint density at radius 3 is 2.58 bits per heavy atom. The van der Waals surface area contributed by atoms with Gasteiger partial charge in [-0.05, 0) is 61.8 Å². The number of hydrogen-bond donors (Lipinski definition) is 1. The number of benzene rings is 1. The molecular weight excluding hydrogens is 236 g/mol. The number of hydrogen-bond acceptors (Lipinski definition) is 2. The summed E-state index contributed by atoms with van der Waals surface area (Å²) in [5.41, 5.74) is 9.68. The van der Waals surface area contributed by atoms with Gasteiger partial charge in [-0.3, -0.25) is 4.79 Å². The predicted octanol–water partition coefficient (Wildman–Crippen LogP) is 2.27. The number of carbonyl (C=O) groups is 1. The van der Waals surface area contributed by atoms with Crippen LogP contribution in [0.2, 0.25) is 0 Å². The van der Waals surface area contributed by atoms with Gasteiger partial charge in [0, 0.05) is 24.7 Å². The van der Waals surface area contributed by atoms with Crippen LogP contribution in [-0.4, -0.2) is 19.0 Å². The van der Waals surface area contributed by atoms with Crippen molar-refractivity contribution in [3.05, 3.63) is 29.3 Å². The lowest BCUT2D eigenvalue weighted by Gasteiger charge is -2.34. The van der Waals surface area contributed by atoms with Crippen LogP contribution in [0.15, 0.2) is 18.2 Å². The van der Waals surface area contributed by atoms with Gasteiger partial charge in [0.25, 0.3) is 0 Å². The van der Waals surface area contributed by atoms with Crippen molar-refractivity contribution in [2.75, 3.05) is 11.9 Å². The van der Waals surface area contributed by atoms with Crippen molar-refractivity contribution >= 4 is 11.6 Å². The van der Waals surface area contributed by atoms with E-state index in [1.54, 1.807) is 0 Å². The van der Waals surface area contributed by atoms with E-state index in [2.05, 4.69) is 18.2 Å². The molecule has 0 bridgehead atoms. The van der Waals surface area contributed by atoms with Crippen LogP contribution in [0.25, 0.3) is 0 Å². The molecule has 0 spiro atoms. The topological polar surface area (TPSA) is 46.3 Å². The van der Waals surface area contributed by atoms with Gasteiger partial charge in [0.2, 0.25) is 5.91 Å². The summed E-state index contributed by atoms with van der Waals surface area (Å²) in [5, 5.41) is 0. The molecule has 2 aliphatic rings. The van der Waals surface area contributed by atoms with Crippen LogP contribution in [0.3, 0.4) is 0 Å². The lowest BCUT2D eigenvalue weighted by Crippen LogP contribution is -2.45. The molecule has 1 fully saturated rings. The zero-order valence-electron chi connectivity index (χ0n) is 11.6. The molecule has 0 radical (unpaired) electrons. The van der Waals surface area contributed by atoms with E-state index in [1.165, 1.54) is 30.4 Å². The van der Waals surface area contributed by atoms with Gasteiger partial charge in [0.05, 0.1) is 0 Å². The molecule has 0 saturated heterocycles. The summed E-state index contributed by atoms with van der Waals surface area (Å²) >= 11 is 0. The Kier molecular flexibility index (Phi) is 3.31. The molecule has 1 aromatic rings. The van der Waals surface area contributed by atoms with E-state index in [0.717, 1.165) is 24.9 Å². The zero-order chi connectivity index (χ0) is 13.4. The van der Waals surface area contributed by atoms with Crippen molar-refractivity contribution < 1.29 is 4.79 Å². The molecule has 3 nitrogen and oxygen atoms in total. The molecule has 0 aliphatic heterocycles. The number of carbonyl (C=O) groups excluding carboxylic acids is 1. The lowest BCUT2D eigenvalue weighted by atomic mass is 9.80. The van der Waals surface area contributed by atoms with Crippen LogP contribution in [0.5, 0.6) is 0 Å². The van der Waals surface area contributed by atoms with Gasteiger partial charge in [0.1, 0.15) is 0 Å². The molecule has 19 heavy (non-hydrogen) atoms. The van der Waals surface area contributed by atoms with Gasteiger partial charge in [-0.25, -0.2) is 0 Å². The molecule has 3 rings (SSSR count). The summed E-state index contributed by atoms with van der Waals surface area (Å²) in [6.45, 7) is 0. The Labute approximate surface area is 114 Å². The number of nitrogens with zero attached hydrogens (tertiary/aromatic N) is 1. The fourth-order valence-electron chi connectivity index (χ4n) is 3.19. The van der Waals surface area contributed by atoms with Crippen LogP contribution in [-0.2, 0) is 17.6 Å². The Balaban J connectivity index is 1.76. The monoisotopic (exact) mass is 258 g/mol. The van der Waals surface area contributed by atoms with Crippen LogP contribution in [0.4, 0.5) is 5.69 Å². The van der Waals surface area contributed by atoms with E-state index in [9.17, 15) is 4.79 Å². The first kappa shape index (κ1) is 12.7. The van der Waals surface area contributed by atoms with Crippen molar-refractivity contribution in [1.29, 1.82) is 0 Å². The summed E-state index contributed by atoms with van der Waals surface area (Å²) in [6, 6.07) is 6.71. The van der Waals surface area contributed by atoms with Gasteiger partial charge in [0.15, 0.2) is 0 Å². The van der Waals surface area contributed by atoms with Crippen LogP contribution < -0.4 is 10.6 Å². The summed E-state index contributed by atoms with van der Waals surface area (Å²) in [7, 11) is 1.89. The quantitative estimate of drug-likeness (QED) is 0.884. The van der Waals surface area contributed by atoms with Gasteiger partial charge < -0.3 is 10.6 Å². The van der Waals surface area contributed by atoms with Crippen LogP contribution in [0, 0.1) is 5.92 Å². The molecule has 1 aromatic carbocycles. The number of nitrogens with two attached hydrogens (primary N) is 1. The zero-order valence-corrected chi connectivity index (χ0v) is 11.6. The standard InChI is InChI=1S/C16H22N2O/c1-18(16(19)13-8-14(17)9-13)15-7-6-11-4-2-3-5-12(11)10-15/h6-7,10,13-14H,2-5,8-9,17H2,1H3. The van der Waals surface area contributed by atoms with Gasteiger partial charge >= 0.3 is 0 Å². The first-order valence-corrected chi connectivity index (χ1v) is 7.30. The Hall–Kier alpha value is -1.35. The molecule has 1 amide bonds. The molecule has 2 aliphatic carbocycles. The Morgan fingerprint density at radius 2 is 1.89 bits per heavy atom. The molecule has 0 heterocycles. The fourth-order valence-corrected chi connectivity index (χ4v) is 3.19. The third-order valence-electron chi connectivity index (χ3n) is 4.57. The lowest BCUT2D eigenvalue weighted by molar-refractivity contribution is -0.124. The molecule has 102 valence electrons. The van der Waals surface area contributed by atoms with E-state index in [0.29, 0.717) is 0 Å². The average molecular weight is 258 g/mol. The van der Waals surface area contributed by atoms with Gasteiger partial charge in [-0.1, -0.05) is 6.07 Å². The van der Waals surface area contributed by atoms with E-state index in [1.807, 2.05) is 11.9 Å². The van der Waals surface area contributed by atoms with E-state index < -0.39 is 0 Å². The number of amides is 1. The number of anilines is 1. The van der Waals surface area contributed by atoms with Gasteiger partial charge in [-0.2, -0.15) is 0 Å². The Bertz CT molecular complexity index is 492.